The Morgan fingerprint density at radius 3 is 2.93 bits per heavy atom. The second-order valence-electron chi connectivity index (χ2n) is 3.40. The summed E-state index contributed by atoms with van der Waals surface area (Å²) in [4.78, 5) is 14.7. The molecule has 1 atom stereocenters. The zero-order chi connectivity index (χ0) is 9.97. The molecule has 1 aliphatic carbocycles. The lowest BCUT2D eigenvalue weighted by Crippen LogP contribution is -2.29. The summed E-state index contributed by atoms with van der Waals surface area (Å²) in [6.45, 7) is 0. The number of hydrogen-bond donors (Lipinski definition) is 1. The minimum Gasteiger partial charge on any atom is -0.478 e. The monoisotopic (exact) mass is 193 g/mol. The summed E-state index contributed by atoms with van der Waals surface area (Å²) in [6.07, 6.45) is 4.33. The summed E-state index contributed by atoms with van der Waals surface area (Å²) in [5, 5.41) is 8.90. The summed E-state index contributed by atoms with van der Waals surface area (Å²) in [6, 6.07) is 3.44. The summed E-state index contributed by atoms with van der Waals surface area (Å²) in [5.41, 5.74) is 0. The van der Waals surface area contributed by atoms with Crippen molar-refractivity contribution in [2.24, 2.45) is 5.92 Å². The first-order chi connectivity index (χ1) is 6.77. The van der Waals surface area contributed by atoms with Gasteiger partial charge >= 0.3 is 5.97 Å². The van der Waals surface area contributed by atoms with Crippen molar-refractivity contribution in [3.63, 3.8) is 0 Å². The van der Waals surface area contributed by atoms with Crippen LogP contribution in [0, 0.1) is 5.92 Å². The Morgan fingerprint density at radius 1 is 1.64 bits per heavy atom. The Morgan fingerprint density at radius 2 is 2.43 bits per heavy atom. The van der Waals surface area contributed by atoms with Crippen molar-refractivity contribution in [1.82, 2.24) is 4.98 Å². The van der Waals surface area contributed by atoms with Gasteiger partial charge in [0.2, 0.25) is 0 Å². The van der Waals surface area contributed by atoms with Crippen molar-refractivity contribution in [3.8, 4) is 5.75 Å². The van der Waals surface area contributed by atoms with E-state index in [2.05, 4.69) is 4.98 Å². The first-order valence-corrected chi connectivity index (χ1v) is 4.57. The van der Waals surface area contributed by atoms with Gasteiger partial charge in [-0.05, 0) is 25.0 Å². The standard InChI is InChI=1S/C10H11NO3/c12-10(13)9(7-3-4-7)14-8-2-1-5-11-6-8/h1-2,5-7,9H,3-4H2,(H,12,13). The first kappa shape index (κ1) is 8.99. The van der Waals surface area contributed by atoms with Crippen molar-refractivity contribution >= 4 is 5.97 Å². The molecule has 1 fully saturated rings. The minimum absolute atomic E-state index is 0.174. The van der Waals surface area contributed by atoms with Crippen molar-refractivity contribution in [1.29, 1.82) is 0 Å². The van der Waals surface area contributed by atoms with E-state index in [0.29, 0.717) is 5.75 Å². The molecule has 74 valence electrons. The van der Waals surface area contributed by atoms with Gasteiger partial charge in [-0.2, -0.15) is 0 Å². The maximum absolute atomic E-state index is 10.8. The quantitative estimate of drug-likeness (QED) is 0.783. The van der Waals surface area contributed by atoms with E-state index < -0.39 is 12.1 Å². The van der Waals surface area contributed by atoms with Crippen molar-refractivity contribution < 1.29 is 14.6 Å². The van der Waals surface area contributed by atoms with Crippen LogP contribution in [0.3, 0.4) is 0 Å². The lowest BCUT2D eigenvalue weighted by atomic mass is 10.2. The Bertz CT molecular complexity index is 321. The second kappa shape index (κ2) is 3.65. The van der Waals surface area contributed by atoms with Gasteiger partial charge in [0.05, 0.1) is 6.20 Å². The van der Waals surface area contributed by atoms with Crippen LogP contribution >= 0.6 is 0 Å². The molecular weight excluding hydrogens is 182 g/mol. The summed E-state index contributed by atoms with van der Waals surface area (Å²) in [7, 11) is 0. The molecule has 0 saturated heterocycles. The van der Waals surface area contributed by atoms with Crippen LogP contribution in [0.5, 0.6) is 5.75 Å². The lowest BCUT2D eigenvalue weighted by molar-refractivity contribution is -0.146. The first-order valence-electron chi connectivity index (χ1n) is 4.57. The van der Waals surface area contributed by atoms with Gasteiger partial charge in [0.15, 0.2) is 6.10 Å². The van der Waals surface area contributed by atoms with Crippen LogP contribution in [0.15, 0.2) is 24.5 Å². The molecule has 4 heteroatoms. The van der Waals surface area contributed by atoms with Gasteiger partial charge < -0.3 is 9.84 Å². The van der Waals surface area contributed by atoms with Crippen LogP contribution in [0.2, 0.25) is 0 Å². The largest absolute Gasteiger partial charge is 0.478 e. The van der Waals surface area contributed by atoms with Crippen LogP contribution < -0.4 is 4.74 Å². The molecule has 14 heavy (non-hydrogen) atoms. The summed E-state index contributed by atoms with van der Waals surface area (Å²) in [5.74, 6) is -0.198. The van der Waals surface area contributed by atoms with E-state index in [1.165, 1.54) is 6.20 Å². The number of hydrogen-bond acceptors (Lipinski definition) is 3. The molecule has 0 bridgehead atoms. The fourth-order valence-corrected chi connectivity index (χ4v) is 1.31. The predicted octanol–water partition coefficient (Wildman–Crippen LogP) is 1.32. The smallest absolute Gasteiger partial charge is 0.345 e. The van der Waals surface area contributed by atoms with Crippen LogP contribution in [0.25, 0.3) is 0 Å². The number of aliphatic carboxylic acids is 1. The SMILES string of the molecule is O=C(O)C(Oc1cccnc1)C1CC1. The van der Waals surface area contributed by atoms with E-state index in [4.69, 9.17) is 9.84 Å². The molecule has 1 N–H and O–H groups in total. The van der Waals surface area contributed by atoms with Gasteiger partial charge in [-0.1, -0.05) is 0 Å². The summed E-state index contributed by atoms with van der Waals surface area (Å²) >= 11 is 0. The molecular formula is C10H11NO3. The van der Waals surface area contributed by atoms with Gasteiger partial charge in [-0.25, -0.2) is 4.79 Å². The van der Waals surface area contributed by atoms with E-state index in [0.717, 1.165) is 12.8 Å². The number of pyridine rings is 1. The van der Waals surface area contributed by atoms with Gasteiger partial charge in [-0.15, -0.1) is 0 Å². The van der Waals surface area contributed by atoms with E-state index >= 15 is 0 Å². The maximum Gasteiger partial charge on any atom is 0.345 e. The number of nitrogens with zero attached hydrogens (tertiary/aromatic N) is 1. The zero-order valence-electron chi connectivity index (χ0n) is 7.59. The molecule has 0 amide bonds. The average molecular weight is 193 g/mol. The molecule has 0 radical (unpaired) electrons. The zero-order valence-corrected chi connectivity index (χ0v) is 7.59. The van der Waals surface area contributed by atoms with Gasteiger partial charge in [0.1, 0.15) is 5.75 Å². The van der Waals surface area contributed by atoms with Crippen LogP contribution in [-0.4, -0.2) is 22.2 Å². The Kier molecular flexibility index (Phi) is 2.35. The van der Waals surface area contributed by atoms with Crippen molar-refractivity contribution in [2.45, 2.75) is 18.9 Å². The normalized spacial score (nSPS) is 17.4. The van der Waals surface area contributed by atoms with Crippen LogP contribution in [-0.2, 0) is 4.79 Å². The fraction of sp³-hybridized carbons (Fsp3) is 0.400. The van der Waals surface area contributed by atoms with E-state index in [1.54, 1.807) is 18.3 Å². The number of carbonyl (C=O) groups is 1. The van der Waals surface area contributed by atoms with Gasteiger partial charge in [0.25, 0.3) is 0 Å². The fourth-order valence-electron chi connectivity index (χ4n) is 1.31. The third-order valence-electron chi connectivity index (χ3n) is 2.19. The third kappa shape index (κ3) is 2.02. The molecule has 1 aromatic rings. The maximum atomic E-state index is 10.8. The number of carboxylic acids is 1. The predicted molar refractivity (Wildman–Crippen MR) is 49.0 cm³/mol. The molecule has 1 aromatic heterocycles. The number of rotatable bonds is 4. The molecule has 0 aromatic carbocycles. The molecule has 1 aliphatic rings. The lowest BCUT2D eigenvalue weighted by Gasteiger charge is -2.13. The Labute approximate surface area is 81.5 Å². The Balaban J connectivity index is 2.04. The molecule has 1 saturated carbocycles. The van der Waals surface area contributed by atoms with Crippen molar-refractivity contribution in [2.75, 3.05) is 0 Å². The highest BCUT2D eigenvalue weighted by molar-refractivity contribution is 5.73. The molecule has 0 aliphatic heterocycles. The highest BCUT2D eigenvalue weighted by Gasteiger charge is 2.38. The van der Waals surface area contributed by atoms with E-state index in [9.17, 15) is 4.79 Å². The van der Waals surface area contributed by atoms with E-state index in [1.807, 2.05) is 0 Å². The molecule has 2 rings (SSSR count). The number of ether oxygens (including phenoxy) is 1. The number of carboxylic acid groups (broad SMARTS) is 1. The van der Waals surface area contributed by atoms with Gasteiger partial charge in [-0.3, -0.25) is 4.98 Å². The molecule has 1 heterocycles. The third-order valence-corrected chi connectivity index (χ3v) is 2.19. The highest BCUT2D eigenvalue weighted by atomic mass is 16.5. The summed E-state index contributed by atoms with van der Waals surface area (Å²) < 4.78 is 5.34. The minimum atomic E-state index is -0.892. The van der Waals surface area contributed by atoms with E-state index in [-0.39, 0.29) is 5.92 Å². The highest BCUT2D eigenvalue weighted by Crippen LogP contribution is 2.34. The second-order valence-corrected chi connectivity index (χ2v) is 3.40. The average Bonchev–Trinajstić information content (AvgIpc) is 2.99. The molecule has 1 unspecified atom stereocenters. The van der Waals surface area contributed by atoms with Crippen LogP contribution in [0.4, 0.5) is 0 Å². The molecule has 4 nitrogen and oxygen atoms in total. The number of aromatic nitrogens is 1. The molecule has 0 spiro atoms. The van der Waals surface area contributed by atoms with Gasteiger partial charge in [0, 0.05) is 12.1 Å². The van der Waals surface area contributed by atoms with Crippen molar-refractivity contribution in [3.05, 3.63) is 24.5 Å². The Hall–Kier alpha value is -1.58. The topological polar surface area (TPSA) is 59.4 Å². The van der Waals surface area contributed by atoms with Crippen LogP contribution in [0.1, 0.15) is 12.8 Å².